The number of hydrogen-bond donors (Lipinski definition) is 3. The molecular formula is C20H20N4O4S. The van der Waals surface area contributed by atoms with E-state index in [9.17, 15) is 18.4 Å². The van der Waals surface area contributed by atoms with Crippen molar-refractivity contribution in [1.29, 1.82) is 0 Å². The van der Waals surface area contributed by atoms with E-state index < -0.39 is 10.0 Å². The molecule has 0 unspecified atom stereocenters. The van der Waals surface area contributed by atoms with Gasteiger partial charge in [0.1, 0.15) is 5.69 Å². The molecule has 0 spiro atoms. The van der Waals surface area contributed by atoms with E-state index in [2.05, 4.69) is 15.1 Å². The first-order chi connectivity index (χ1) is 13.9. The smallest absolute Gasteiger partial charge is 0.243 e. The largest absolute Gasteiger partial charge is 0.494 e. The first-order valence-electron chi connectivity index (χ1n) is 9.21. The molecule has 0 aliphatic carbocycles. The Bertz CT molecular complexity index is 1330. The van der Waals surface area contributed by atoms with Crippen LogP contribution in [0.15, 0.2) is 52.5 Å². The maximum atomic E-state index is 12.9. The summed E-state index contributed by atoms with van der Waals surface area (Å²) >= 11 is 0. The molecule has 0 radical (unpaired) electrons. The number of rotatable bonds is 6. The second-order valence-corrected chi connectivity index (χ2v) is 8.57. The number of nitrogens with one attached hydrogen (secondary N) is 2. The number of H-pyrrole nitrogens is 2. The second-order valence-electron chi connectivity index (χ2n) is 6.63. The van der Waals surface area contributed by atoms with Crippen LogP contribution in [-0.4, -0.2) is 40.9 Å². The zero-order valence-corrected chi connectivity index (χ0v) is 16.7. The van der Waals surface area contributed by atoms with Crippen molar-refractivity contribution in [2.24, 2.45) is 5.18 Å². The molecule has 2 heterocycles. The van der Waals surface area contributed by atoms with Gasteiger partial charge in [0, 0.05) is 34.9 Å². The van der Waals surface area contributed by atoms with Crippen LogP contribution in [0.1, 0.15) is 13.8 Å². The number of nitrogens with zero attached hydrogens (tertiary/aromatic N) is 2. The Morgan fingerprint density at radius 1 is 1.00 bits per heavy atom. The lowest BCUT2D eigenvalue weighted by Gasteiger charge is -2.18. The van der Waals surface area contributed by atoms with Gasteiger partial charge >= 0.3 is 0 Å². The summed E-state index contributed by atoms with van der Waals surface area (Å²) in [7, 11) is -3.68. The molecule has 0 fully saturated rings. The van der Waals surface area contributed by atoms with E-state index in [0.717, 1.165) is 0 Å². The van der Waals surface area contributed by atoms with Crippen LogP contribution in [0.5, 0.6) is 5.88 Å². The summed E-state index contributed by atoms with van der Waals surface area (Å²) in [6.45, 7) is 4.26. The maximum absolute atomic E-state index is 12.9. The highest BCUT2D eigenvalue weighted by Crippen LogP contribution is 2.44. The third-order valence-electron chi connectivity index (χ3n) is 5.11. The van der Waals surface area contributed by atoms with Crippen LogP contribution in [0.3, 0.4) is 0 Å². The van der Waals surface area contributed by atoms with E-state index in [0.29, 0.717) is 46.2 Å². The zero-order valence-electron chi connectivity index (χ0n) is 15.9. The number of aromatic amines is 2. The van der Waals surface area contributed by atoms with Crippen molar-refractivity contribution in [2.75, 3.05) is 13.1 Å². The Hall–Kier alpha value is -3.17. The fourth-order valence-electron chi connectivity index (χ4n) is 3.69. The average molecular weight is 412 g/mol. The highest BCUT2D eigenvalue weighted by Gasteiger charge is 2.25. The minimum Gasteiger partial charge on any atom is -0.494 e. The molecule has 4 aromatic rings. The van der Waals surface area contributed by atoms with Gasteiger partial charge in [-0.15, -0.1) is 4.91 Å². The summed E-state index contributed by atoms with van der Waals surface area (Å²) < 4.78 is 27.2. The van der Waals surface area contributed by atoms with Crippen molar-refractivity contribution in [1.82, 2.24) is 14.3 Å². The van der Waals surface area contributed by atoms with Gasteiger partial charge in [0.15, 0.2) is 5.88 Å². The topological polar surface area (TPSA) is 119 Å². The number of benzene rings is 2. The van der Waals surface area contributed by atoms with E-state index in [1.165, 1.54) is 16.4 Å². The van der Waals surface area contributed by atoms with Gasteiger partial charge in [-0.05, 0) is 29.4 Å². The molecule has 0 aliphatic heterocycles. The minimum absolute atomic E-state index is 0.116. The first kappa shape index (κ1) is 19.2. The van der Waals surface area contributed by atoms with Crippen molar-refractivity contribution in [3.8, 4) is 17.1 Å². The average Bonchev–Trinajstić information content (AvgIpc) is 3.23. The van der Waals surface area contributed by atoms with Gasteiger partial charge in [0.25, 0.3) is 0 Å². The zero-order chi connectivity index (χ0) is 20.8. The molecule has 0 bridgehead atoms. The molecule has 0 atom stereocenters. The Morgan fingerprint density at radius 2 is 1.69 bits per heavy atom. The molecule has 0 saturated carbocycles. The van der Waals surface area contributed by atoms with Gasteiger partial charge in [-0.3, -0.25) is 0 Å². The predicted octanol–water partition coefficient (Wildman–Crippen LogP) is 4.45. The molecule has 0 saturated heterocycles. The number of para-hydroxylation sites is 1. The summed E-state index contributed by atoms with van der Waals surface area (Å²) in [5, 5.41) is 14.8. The van der Waals surface area contributed by atoms with Crippen LogP contribution < -0.4 is 0 Å². The Morgan fingerprint density at radius 3 is 2.38 bits per heavy atom. The monoisotopic (exact) mass is 412 g/mol. The molecule has 0 aliphatic rings. The van der Waals surface area contributed by atoms with Crippen LogP contribution in [0, 0.1) is 4.91 Å². The molecule has 0 amide bonds. The molecule has 3 N–H and O–H groups in total. The number of sulfonamides is 1. The summed E-state index contributed by atoms with van der Waals surface area (Å²) in [5.41, 5.74) is 2.04. The molecule has 9 heteroatoms. The normalized spacial score (nSPS) is 12.2. The van der Waals surface area contributed by atoms with Crippen LogP contribution in [0.4, 0.5) is 5.69 Å². The second kappa shape index (κ2) is 7.02. The number of hydrogen-bond acceptors (Lipinski definition) is 5. The minimum atomic E-state index is -3.68. The molecular weight excluding hydrogens is 392 g/mol. The van der Waals surface area contributed by atoms with E-state index in [-0.39, 0.29) is 16.5 Å². The first-order valence-corrected chi connectivity index (χ1v) is 10.7. The van der Waals surface area contributed by atoms with E-state index in [4.69, 9.17) is 0 Å². The fourth-order valence-corrected chi connectivity index (χ4v) is 5.17. The standard InChI is InChI=1S/C20H20N4O4S/c1-3-24(4-2)29(27,28)12-9-10-16-14(11-12)17(20(25)22-16)19-18(23-26)13-7-5-6-8-15(13)21-19/h5-11,21-22,25H,3-4H2,1-2H3. The van der Waals surface area contributed by atoms with Crippen LogP contribution in [0.2, 0.25) is 0 Å². The third kappa shape index (κ3) is 2.90. The third-order valence-corrected chi connectivity index (χ3v) is 7.16. The van der Waals surface area contributed by atoms with Crippen molar-refractivity contribution < 1.29 is 13.5 Å². The number of aromatic hydroxyl groups is 1. The van der Waals surface area contributed by atoms with Gasteiger partial charge in [0.05, 0.1) is 16.2 Å². The number of nitroso groups, excluding NO2 is 1. The molecule has 4 rings (SSSR count). The lowest BCUT2D eigenvalue weighted by atomic mass is 10.1. The van der Waals surface area contributed by atoms with Crippen molar-refractivity contribution in [2.45, 2.75) is 18.7 Å². The van der Waals surface area contributed by atoms with E-state index >= 15 is 0 Å². The van der Waals surface area contributed by atoms with E-state index in [1.54, 1.807) is 38.1 Å². The van der Waals surface area contributed by atoms with Gasteiger partial charge in [-0.25, -0.2) is 8.42 Å². The highest BCUT2D eigenvalue weighted by atomic mass is 32.2. The Kier molecular flexibility index (Phi) is 4.64. The summed E-state index contributed by atoms with van der Waals surface area (Å²) in [4.78, 5) is 17.7. The fraction of sp³-hybridized carbons (Fsp3) is 0.200. The van der Waals surface area contributed by atoms with Crippen molar-refractivity contribution in [3.63, 3.8) is 0 Å². The van der Waals surface area contributed by atoms with Gasteiger partial charge in [-0.2, -0.15) is 4.31 Å². The predicted molar refractivity (Wildman–Crippen MR) is 113 cm³/mol. The summed E-state index contributed by atoms with van der Waals surface area (Å²) in [6, 6.07) is 11.8. The number of fused-ring (bicyclic) bond motifs is 2. The van der Waals surface area contributed by atoms with Gasteiger partial charge in [-0.1, -0.05) is 32.0 Å². The Balaban J connectivity index is 2.00. The number of aromatic nitrogens is 2. The molecule has 150 valence electrons. The lowest BCUT2D eigenvalue weighted by molar-refractivity contribution is 0.445. The van der Waals surface area contributed by atoms with Crippen LogP contribution in [0.25, 0.3) is 33.1 Å². The van der Waals surface area contributed by atoms with Crippen molar-refractivity contribution >= 4 is 37.5 Å². The van der Waals surface area contributed by atoms with Crippen molar-refractivity contribution in [3.05, 3.63) is 47.4 Å². The SMILES string of the molecule is CCN(CC)S(=O)(=O)c1ccc2[nH]c(O)c(-c3[nH]c4ccccc4c3N=O)c2c1. The molecule has 2 aromatic carbocycles. The van der Waals surface area contributed by atoms with Crippen LogP contribution >= 0.6 is 0 Å². The molecule has 8 nitrogen and oxygen atoms in total. The maximum Gasteiger partial charge on any atom is 0.243 e. The summed E-state index contributed by atoms with van der Waals surface area (Å²) in [6.07, 6.45) is 0. The van der Waals surface area contributed by atoms with Crippen LogP contribution in [-0.2, 0) is 10.0 Å². The van der Waals surface area contributed by atoms with Gasteiger partial charge < -0.3 is 15.1 Å². The highest BCUT2D eigenvalue weighted by molar-refractivity contribution is 7.89. The summed E-state index contributed by atoms with van der Waals surface area (Å²) in [5.74, 6) is -0.172. The quantitative estimate of drug-likeness (QED) is 0.405. The lowest BCUT2D eigenvalue weighted by Crippen LogP contribution is -2.30. The molecule has 2 aromatic heterocycles. The Labute approximate surface area is 167 Å². The molecule has 29 heavy (non-hydrogen) atoms. The van der Waals surface area contributed by atoms with Gasteiger partial charge in [0.2, 0.25) is 10.0 Å². The van der Waals surface area contributed by atoms with E-state index in [1.807, 2.05) is 6.07 Å².